The number of hydrogen-bond acceptors (Lipinski definition) is 1. The van der Waals surface area contributed by atoms with E-state index >= 15 is 0 Å². The highest BCUT2D eigenvalue weighted by atomic mass is 79.9. The van der Waals surface area contributed by atoms with Gasteiger partial charge in [0.2, 0.25) is 0 Å². The first-order chi connectivity index (χ1) is 7.12. The van der Waals surface area contributed by atoms with Crippen LogP contribution in [0, 0.1) is 5.92 Å². The highest BCUT2D eigenvalue weighted by Crippen LogP contribution is 2.41. The molecule has 15 heavy (non-hydrogen) atoms. The van der Waals surface area contributed by atoms with Gasteiger partial charge in [0.25, 0.3) is 5.92 Å². The van der Waals surface area contributed by atoms with Crippen molar-refractivity contribution in [2.75, 3.05) is 13.1 Å². The van der Waals surface area contributed by atoms with Crippen LogP contribution >= 0.6 is 15.9 Å². The lowest BCUT2D eigenvalue weighted by molar-refractivity contribution is -0.0582. The molecule has 1 unspecified atom stereocenters. The summed E-state index contributed by atoms with van der Waals surface area (Å²) >= 11 is 3.18. The largest absolute Gasteiger partial charge is 0.316 e. The Labute approximate surface area is 96.0 Å². The van der Waals surface area contributed by atoms with Crippen molar-refractivity contribution in [3.05, 3.63) is 34.3 Å². The zero-order chi connectivity index (χ0) is 10.9. The number of rotatable bonds is 2. The Morgan fingerprint density at radius 1 is 1.33 bits per heavy atom. The second-order valence-corrected chi connectivity index (χ2v) is 4.65. The van der Waals surface area contributed by atoms with Crippen LogP contribution in [0.5, 0.6) is 0 Å². The Bertz CT molecular complexity index is 348. The number of hydrogen-bond donors (Lipinski definition) is 1. The van der Waals surface area contributed by atoms with Crippen molar-refractivity contribution >= 4 is 15.9 Å². The van der Waals surface area contributed by atoms with Crippen LogP contribution in [0.25, 0.3) is 0 Å². The SMILES string of the molecule is FC(F)(c1ccccc1Br)C1CCNC1. The maximum absolute atomic E-state index is 14.1. The van der Waals surface area contributed by atoms with Crippen molar-refractivity contribution in [2.45, 2.75) is 12.3 Å². The van der Waals surface area contributed by atoms with E-state index in [1.807, 2.05) is 0 Å². The zero-order valence-electron chi connectivity index (χ0n) is 8.14. The second-order valence-electron chi connectivity index (χ2n) is 3.79. The van der Waals surface area contributed by atoms with Crippen molar-refractivity contribution in [2.24, 2.45) is 5.92 Å². The summed E-state index contributed by atoms with van der Waals surface area (Å²) in [6.07, 6.45) is 0.536. The summed E-state index contributed by atoms with van der Waals surface area (Å²) in [5, 5.41) is 2.97. The van der Waals surface area contributed by atoms with Crippen LogP contribution in [-0.4, -0.2) is 13.1 Å². The van der Waals surface area contributed by atoms with E-state index in [9.17, 15) is 8.78 Å². The molecule has 0 aromatic heterocycles. The molecule has 2 rings (SSSR count). The van der Waals surface area contributed by atoms with E-state index in [0.29, 0.717) is 24.0 Å². The molecule has 1 fully saturated rings. The van der Waals surface area contributed by atoms with Gasteiger partial charge in [-0.2, -0.15) is 0 Å². The molecule has 1 heterocycles. The highest BCUT2D eigenvalue weighted by molar-refractivity contribution is 9.10. The monoisotopic (exact) mass is 275 g/mol. The average molecular weight is 276 g/mol. The maximum Gasteiger partial charge on any atom is 0.278 e. The number of halogens is 3. The molecule has 4 heteroatoms. The van der Waals surface area contributed by atoms with E-state index in [2.05, 4.69) is 21.2 Å². The molecule has 1 N–H and O–H groups in total. The summed E-state index contributed by atoms with van der Waals surface area (Å²) in [7, 11) is 0. The minimum absolute atomic E-state index is 0.0960. The molecule has 1 atom stereocenters. The van der Waals surface area contributed by atoms with E-state index in [1.165, 1.54) is 6.07 Å². The van der Waals surface area contributed by atoms with E-state index in [4.69, 9.17) is 0 Å². The Hall–Kier alpha value is -0.480. The lowest BCUT2D eigenvalue weighted by Gasteiger charge is -2.23. The normalized spacial score (nSPS) is 21.9. The van der Waals surface area contributed by atoms with Gasteiger partial charge in [0.05, 0.1) is 0 Å². The molecule has 1 aromatic rings. The summed E-state index contributed by atoms with van der Waals surface area (Å²) in [4.78, 5) is 0. The molecule has 1 nitrogen and oxygen atoms in total. The van der Waals surface area contributed by atoms with Gasteiger partial charge in [-0.15, -0.1) is 0 Å². The fourth-order valence-corrected chi connectivity index (χ4v) is 2.46. The molecular weight excluding hydrogens is 264 g/mol. The van der Waals surface area contributed by atoms with E-state index < -0.39 is 11.8 Å². The van der Waals surface area contributed by atoms with Crippen LogP contribution in [0.1, 0.15) is 12.0 Å². The molecule has 1 aliphatic rings. The van der Waals surface area contributed by atoms with Gasteiger partial charge in [-0.05, 0) is 19.0 Å². The first-order valence-electron chi connectivity index (χ1n) is 4.96. The molecule has 0 bridgehead atoms. The predicted octanol–water partition coefficient (Wildman–Crippen LogP) is 3.15. The Morgan fingerprint density at radius 2 is 2.07 bits per heavy atom. The van der Waals surface area contributed by atoms with Crippen LogP contribution in [0.3, 0.4) is 0 Å². The Morgan fingerprint density at radius 3 is 2.67 bits per heavy atom. The predicted molar refractivity (Wildman–Crippen MR) is 59.0 cm³/mol. The van der Waals surface area contributed by atoms with Gasteiger partial charge in [0.15, 0.2) is 0 Å². The van der Waals surface area contributed by atoms with Crippen LogP contribution < -0.4 is 5.32 Å². The van der Waals surface area contributed by atoms with Gasteiger partial charge in [-0.3, -0.25) is 0 Å². The smallest absolute Gasteiger partial charge is 0.278 e. The standard InChI is InChI=1S/C11H12BrF2N/c12-10-4-2-1-3-9(10)11(13,14)8-5-6-15-7-8/h1-4,8,15H,5-7H2. The lowest BCUT2D eigenvalue weighted by Crippen LogP contribution is -2.28. The highest BCUT2D eigenvalue weighted by Gasteiger charge is 2.43. The fourth-order valence-electron chi connectivity index (χ4n) is 1.92. The molecule has 0 aliphatic carbocycles. The van der Waals surface area contributed by atoms with Gasteiger partial charge in [0.1, 0.15) is 0 Å². The maximum atomic E-state index is 14.1. The minimum atomic E-state index is -2.75. The Kier molecular flexibility index (Phi) is 3.07. The first kappa shape index (κ1) is 11.0. The fraction of sp³-hybridized carbons (Fsp3) is 0.455. The van der Waals surface area contributed by atoms with Gasteiger partial charge in [-0.25, -0.2) is 8.78 Å². The Balaban J connectivity index is 2.31. The van der Waals surface area contributed by atoms with Gasteiger partial charge >= 0.3 is 0 Å². The quantitative estimate of drug-likeness (QED) is 0.875. The number of benzene rings is 1. The van der Waals surface area contributed by atoms with Crippen molar-refractivity contribution in [3.8, 4) is 0 Å². The molecule has 1 aliphatic heterocycles. The van der Waals surface area contributed by atoms with E-state index in [1.54, 1.807) is 18.2 Å². The summed E-state index contributed by atoms with van der Waals surface area (Å²) in [6, 6.07) is 6.54. The van der Waals surface area contributed by atoms with Gasteiger partial charge < -0.3 is 5.32 Å². The molecule has 0 spiro atoms. The molecule has 1 saturated heterocycles. The van der Waals surface area contributed by atoms with Crippen LogP contribution in [-0.2, 0) is 5.92 Å². The molecule has 82 valence electrons. The van der Waals surface area contributed by atoms with Crippen molar-refractivity contribution in [3.63, 3.8) is 0 Å². The third-order valence-corrected chi connectivity index (χ3v) is 3.50. The molecule has 0 amide bonds. The van der Waals surface area contributed by atoms with Crippen molar-refractivity contribution in [1.29, 1.82) is 0 Å². The average Bonchev–Trinajstić information content (AvgIpc) is 2.71. The zero-order valence-corrected chi connectivity index (χ0v) is 9.73. The minimum Gasteiger partial charge on any atom is -0.316 e. The summed E-state index contributed by atoms with van der Waals surface area (Å²) in [6.45, 7) is 1.08. The molecule has 0 saturated carbocycles. The molecule has 0 radical (unpaired) electrons. The van der Waals surface area contributed by atoms with Gasteiger partial charge in [0, 0.05) is 22.5 Å². The molecular formula is C11H12BrF2N. The second kappa shape index (κ2) is 4.18. The summed E-state index contributed by atoms with van der Waals surface area (Å²) in [5.74, 6) is -3.33. The third-order valence-electron chi connectivity index (χ3n) is 2.81. The van der Waals surface area contributed by atoms with Gasteiger partial charge in [-0.1, -0.05) is 34.1 Å². The van der Waals surface area contributed by atoms with E-state index in [0.717, 1.165) is 0 Å². The topological polar surface area (TPSA) is 12.0 Å². The summed E-state index contributed by atoms with van der Waals surface area (Å²) < 4.78 is 28.6. The van der Waals surface area contributed by atoms with Crippen molar-refractivity contribution in [1.82, 2.24) is 5.32 Å². The lowest BCUT2D eigenvalue weighted by atomic mass is 9.94. The van der Waals surface area contributed by atoms with E-state index in [-0.39, 0.29) is 5.56 Å². The summed E-state index contributed by atoms with van der Waals surface area (Å²) in [5.41, 5.74) is 0.0960. The number of alkyl halides is 2. The van der Waals surface area contributed by atoms with Crippen LogP contribution in [0.15, 0.2) is 28.7 Å². The van der Waals surface area contributed by atoms with Crippen LogP contribution in [0.4, 0.5) is 8.78 Å². The van der Waals surface area contributed by atoms with Crippen LogP contribution in [0.2, 0.25) is 0 Å². The molecule has 1 aromatic carbocycles. The third kappa shape index (κ3) is 2.06. The van der Waals surface area contributed by atoms with Crippen molar-refractivity contribution < 1.29 is 8.78 Å². The number of nitrogens with one attached hydrogen (secondary N) is 1. The first-order valence-corrected chi connectivity index (χ1v) is 5.75.